The zero-order chi connectivity index (χ0) is 18.0. The summed E-state index contributed by atoms with van der Waals surface area (Å²) in [7, 11) is 0. The van der Waals surface area contributed by atoms with Gasteiger partial charge in [-0.25, -0.2) is 4.68 Å². The summed E-state index contributed by atoms with van der Waals surface area (Å²) in [6.07, 6.45) is 5.26. The molecule has 1 atom stereocenters. The van der Waals surface area contributed by atoms with Crippen LogP contribution in [-0.2, 0) is 0 Å². The van der Waals surface area contributed by atoms with Crippen molar-refractivity contribution >= 4 is 5.69 Å². The molecule has 0 aliphatic carbocycles. The van der Waals surface area contributed by atoms with Gasteiger partial charge in [-0.2, -0.15) is 5.10 Å². The highest BCUT2D eigenvalue weighted by molar-refractivity contribution is 5.43. The summed E-state index contributed by atoms with van der Waals surface area (Å²) in [6.45, 7) is 11.4. The zero-order valence-corrected chi connectivity index (χ0v) is 15.8. The third-order valence-corrected chi connectivity index (χ3v) is 5.17. The molecule has 1 N–H and O–H groups in total. The lowest BCUT2D eigenvalue weighted by molar-refractivity contribution is 0.124. The van der Waals surface area contributed by atoms with Crippen molar-refractivity contribution in [3.63, 3.8) is 0 Å². The molecule has 2 fully saturated rings. The van der Waals surface area contributed by atoms with Crippen molar-refractivity contribution in [1.29, 1.82) is 0 Å². The van der Waals surface area contributed by atoms with Gasteiger partial charge in [-0.05, 0) is 37.6 Å². The number of likely N-dealkylation sites (tertiary alicyclic amines) is 1. The molecule has 140 valence electrons. The molecule has 0 aromatic carbocycles. The largest absolute Gasteiger partial charge is 0.393 e. The van der Waals surface area contributed by atoms with Crippen LogP contribution in [-0.4, -0.2) is 58.6 Å². The molecule has 6 nitrogen and oxygen atoms in total. The molecule has 1 unspecified atom stereocenters. The molecular formula is C19H32N4O2. The Kier molecular flexibility index (Phi) is 5.49. The SMILES string of the molecule is CC(C)(C)CN1CCCC(n2ncc(N3CCC(O)CC3)cc2=O)C1. The predicted octanol–water partition coefficient (Wildman–Crippen LogP) is 1.89. The fourth-order valence-electron chi connectivity index (χ4n) is 4.02. The summed E-state index contributed by atoms with van der Waals surface area (Å²) in [5.74, 6) is 0. The summed E-state index contributed by atoms with van der Waals surface area (Å²) in [6, 6.07) is 1.88. The third kappa shape index (κ3) is 4.82. The number of hydrogen-bond donors (Lipinski definition) is 1. The van der Waals surface area contributed by atoms with Gasteiger partial charge in [0.25, 0.3) is 5.56 Å². The highest BCUT2D eigenvalue weighted by Gasteiger charge is 2.26. The van der Waals surface area contributed by atoms with Gasteiger partial charge in [0.1, 0.15) is 0 Å². The maximum Gasteiger partial charge on any atom is 0.269 e. The first-order valence-corrected chi connectivity index (χ1v) is 9.56. The molecule has 2 aliphatic heterocycles. The molecule has 0 bridgehead atoms. The van der Waals surface area contributed by atoms with Crippen LogP contribution in [0.5, 0.6) is 0 Å². The van der Waals surface area contributed by atoms with E-state index in [1.165, 1.54) is 0 Å². The second-order valence-electron chi connectivity index (χ2n) is 8.81. The van der Waals surface area contributed by atoms with Gasteiger partial charge in [0.15, 0.2) is 0 Å². The van der Waals surface area contributed by atoms with Crippen molar-refractivity contribution in [1.82, 2.24) is 14.7 Å². The second-order valence-corrected chi connectivity index (χ2v) is 8.81. The first-order chi connectivity index (χ1) is 11.8. The minimum atomic E-state index is -0.208. The molecule has 2 aliphatic rings. The Labute approximate surface area is 150 Å². The van der Waals surface area contributed by atoms with Gasteiger partial charge in [0.2, 0.25) is 0 Å². The van der Waals surface area contributed by atoms with Crippen LogP contribution >= 0.6 is 0 Å². The summed E-state index contributed by atoms with van der Waals surface area (Å²) in [5.41, 5.74) is 1.14. The lowest BCUT2D eigenvalue weighted by atomic mass is 9.94. The summed E-state index contributed by atoms with van der Waals surface area (Å²) >= 11 is 0. The average Bonchev–Trinajstić information content (AvgIpc) is 2.54. The van der Waals surface area contributed by atoms with E-state index in [0.717, 1.165) is 64.1 Å². The summed E-state index contributed by atoms with van der Waals surface area (Å²) in [5, 5.41) is 14.1. The quantitative estimate of drug-likeness (QED) is 0.904. The van der Waals surface area contributed by atoms with Crippen molar-refractivity contribution in [3.05, 3.63) is 22.6 Å². The molecule has 0 amide bonds. The van der Waals surface area contributed by atoms with Crippen LogP contribution < -0.4 is 10.5 Å². The Balaban J connectivity index is 1.69. The lowest BCUT2D eigenvalue weighted by Gasteiger charge is -2.37. The Bertz CT molecular complexity index is 629. The highest BCUT2D eigenvalue weighted by Crippen LogP contribution is 2.24. The van der Waals surface area contributed by atoms with Crippen molar-refractivity contribution < 1.29 is 5.11 Å². The minimum Gasteiger partial charge on any atom is -0.393 e. The van der Waals surface area contributed by atoms with E-state index in [-0.39, 0.29) is 23.1 Å². The Morgan fingerprint density at radius 1 is 1.20 bits per heavy atom. The van der Waals surface area contributed by atoms with Crippen LogP contribution in [0.4, 0.5) is 5.69 Å². The Morgan fingerprint density at radius 3 is 2.56 bits per heavy atom. The molecule has 25 heavy (non-hydrogen) atoms. The number of piperidine rings is 2. The van der Waals surface area contributed by atoms with Crippen LogP contribution in [0.25, 0.3) is 0 Å². The lowest BCUT2D eigenvalue weighted by Crippen LogP contribution is -2.44. The van der Waals surface area contributed by atoms with E-state index in [2.05, 4.69) is 35.7 Å². The Morgan fingerprint density at radius 2 is 1.92 bits per heavy atom. The van der Waals surface area contributed by atoms with Crippen molar-refractivity contribution in [2.45, 2.75) is 58.6 Å². The van der Waals surface area contributed by atoms with Crippen LogP contribution in [0.2, 0.25) is 0 Å². The summed E-state index contributed by atoms with van der Waals surface area (Å²) < 4.78 is 1.68. The number of hydrogen-bond acceptors (Lipinski definition) is 5. The van der Waals surface area contributed by atoms with Crippen molar-refractivity contribution in [2.75, 3.05) is 37.6 Å². The molecule has 2 saturated heterocycles. The zero-order valence-electron chi connectivity index (χ0n) is 15.8. The van der Waals surface area contributed by atoms with E-state index in [0.29, 0.717) is 0 Å². The molecule has 3 heterocycles. The second kappa shape index (κ2) is 7.46. The van der Waals surface area contributed by atoms with Gasteiger partial charge in [-0.1, -0.05) is 20.8 Å². The fourth-order valence-corrected chi connectivity index (χ4v) is 4.02. The average molecular weight is 348 g/mol. The first kappa shape index (κ1) is 18.4. The van der Waals surface area contributed by atoms with E-state index in [9.17, 15) is 9.90 Å². The molecule has 0 saturated carbocycles. The van der Waals surface area contributed by atoms with Crippen LogP contribution in [0.3, 0.4) is 0 Å². The Hall–Kier alpha value is -1.40. The molecule has 3 rings (SSSR count). The monoisotopic (exact) mass is 348 g/mol. The number of nitrogens with zero attached hydrogens (tertiary/aromatic N) is 4. The smallest absolute Gasteiger partial charge is 0.269 e. The van der Waals surface area contributed by atoms with Crippen molar-refractivity contribution in [3.8, 4) is 0 Å². The fraction of sp³-hybridized carbons (Fsp3) is 0.789. The predicted molar refractivity (Wildman–Crippen MR) is 100 cm³/mol. The highest BCUT2D eigenvalue weighted by atomic mass is 16.3. The number of aliphatic hydroxyl groups is 1. The van der Waals surface area contributed by atoms with Gasteiger partial charge in [0.05, 0.1) is 24.0 Å². The number of aromatic nitrogens is 2. The maximum absolute atomic E-state index is 12.6. The van der Waals surface area contributed by atoms with Crippen LogP contribution in [0.15, 0.2) is 17.1 Å². The van der Waals surface area contributed by atoms with Gasteiger partial charge >= 0.3 is 0 Å². The molecule has 6 heteroatoms. The van der Waals surface area contributed by atoms with Gasteiger partial charge in [-0.15, -0.1) is 0 Å². The summed E-state index contributed by atoms with van der Waals surface area (Å²) in [4.78, 5) is 17.3. The topological polar surface area (TPSA) is 61.6 Å². The number of rotatable bonds is 3. The van der Waals surface area contributed by atoms with Crippen LogP contribution in [0.1, 0.15) is 52.5 Å². The number of anilines is 1. The van der Waals surface area contributed by atoms with Gasteiger partial charge in [-0.3, -0.25) is 4.79 Å². The maximum atomic E-state index is 12.6. The minimum absolute atomic E-state index is 0.00812. The molecule has 0 radical (unpaired) electrons. The van der Waals surface area contributed by atoms with E-state index in [1.807, 2.05) is 6.20 Å². The van der Waals surface area contributed by atoms with Crippen LogP contribution in [0, 0.1) is 5.41 Å². The molecular weight excluding hydrogens is 316 g/mol. The standard InChI is InChI=1S/C19H32N4O2/c1-19(2,3)14-21-8-4-5-15(13-21)23-18(25)11-16(12-20-23)22-9-6-17(24)7-10-22/h11-12,15,17,24H,4-10,13-14H2,1-3H3. The van der Waals surface area contributed by atoms with Crippen molar-refractivity contribution in [2.24, 2.45) is 5.41 Å². The van der Waals surface area contributed by atoms with Gasteiger partial charge < -0.3 is 14.9 Å². The van der Waals surface area contributed by atoms with E-state index in [4.69, 9.17) is 0 Å². The first-order valence-electron chi connectivity index (χ1n) is 9.56. The van der Waals surface area contributed by atoms with Gasteiger partial charge in [0, 0.05) is 32.2 Å². The third-order valence-electron chi connectivity index (χ3n) is 5.17. The number of aliphatic hydroxyl groups excluding tert-OH is 1. The van der Waals surface area contributed by atoms with E-state index < -0.39 is 0 Å². The molecule has 1 aromatic heterocycles. The van der Waals surface area contributed by atoms with E-state index in [1.54, 1.807) is 10.7 Å². The van der Waals surface area contributed by atoms with E-state index >= 15 is 0 Å². The molecule has 1 aromatic rings. The molecule has 0 spiro atoms. The normalized spacial score (nSPS) is 23.8.